The highest BCUT2D eigenvalue weighted by molar-refractivity contribution is 5.82. The molecular formula is C16H12O3. The Morgan fingerprint density at radius 3 is 2.53 bits per heavy atom. The van der Waals surface area contributed by atoms with Crippen LogP contribution in [0.25, 0.3) is 22.3 Å². The predicted molar refractivity (Wildman–Crippen MR) is 74.3 cm³/mol. The van der Waals surface area contributed by atoms with Crippen molar-refractivity contribution in [2.24, 2.45) is 0 Å². The average Bonchev–Trinajstić information content (AvgIpc) is 2.44. The van der Waals surface area contributed by atoms with Crippen molar-refractivity contribution < 1.29 is 9.52 Å². The van der Waals surface area contributed by atoms with Gasteiger partial charge in [-0.05, 0) is 19.1 Å². The lowest BCUT2D eigenvalue weighted by molar-refractivity contribution is 0.449. The SMILES string of the molecule is Cc1ccc2oc(-c3ccccc3)c(O)c(=O)c2c1. The van der Waals surface area contributed by atoms with Gasteiger partial charge in [0.25, 0.3) is 0 Å². The van der Waals surface area contributed by atoms with Crippen molar-refractivity contribution in [3.05, 3.63) is 64.3 Å². The van der Waals surface area contributed by atoms with Gasteiger partial charge in [-0.3, -0.25) is 4.79 Å². The summed E-state index contributed by atoms with van der Waals surface area (Å²) in [5, 5.41) is 10.4. The van der Waals surface area contributed by atoms with Crippen LogP contribution in [0.15, 0.2) is 57.7 Å². The zero-order valence-corrected chi connectivity index (χ0v) is 10.4. The highest BCUT2D eigenvalue weighted by Crippen LogP contribution is 2.29. The summed E-state index contributed by atoms with van der Waals surface area (Å²) in [6, 6.07) is 14.4. The third-order valence-corrected chi connectivity index (χ3v) is 3.06. The minimum atomic E-state index is -0.399. The van der Waals surface area contributed by atoms with Gasteiger partial charge in [-0.2, -0.15) is 0 Å². The lowest BCUT2D eigenvalue weighted by atomic mass is 10.1. The monoisotopic (exact) mass is 252 g/mol. The van der Waals surface area contributed by atoms with Crippen LogP contribution in [0.2, 0.25) is 0 Å². The van der Waals surface area contributed by atoms with Gasteiger partial charge in [0.15, 0.2) is 5.76 Å². The summed E-state index contributed by atoms with van der Waals surface area (Å²) in [4.78, 5) is 12.2. The van der Waals surface area contributed by atoms with Gasteiger partial charge in [-0.15, -0.1) is 0 Å². The molecule has 1 heterocycles. The molecule has 0 saturated heterocycles. The first-order valence-corrected chi connectivity index (χ1v) is 5.98. The fourth-order valence-electron chi connectivity index (χ4n) is 2.08. The molecule has 0 aliphatic rings. The maximum atomic E-state index is 12.2. The first kappa shape index (κ1) is 11.5. The molecule has 0 amide bonds. The Morgan fingerprint density at radius 2 is 1.79 bits per heavy atom. The Kier molecular flexibility index (Phi) is 2.60. The minimum absolute atomic E-state index is 0.210. The second-order valence-corrected chi connectivity index (χ2v) is 4.47. The zero-order valence-electron chi connectivity index (χ0n) is 10.4. The highest BCUT2D eigenvalue weighted by Gasteiger charge is 2.14. The van der Waals surface area contributed by atoms with Crippen LogP contribution < -0.4 is 5.43 Å². The quantitative estimate of drug-likeness (QED) is 0.721. The van der Waals surface area contributed by atoms with Gasteiger partial charge < -0.3 is 9.52 Å². The Balaban J connectivity index is 2.37. The van der Waals surface area contributed by atoms with E-state index in [9.17, 15) is 9.90 Å². The summed E-state index contributed by atoms with van der Waals surface area (Å²) < 4.78 is 5.66. The molecule has 0 spiro atoms. The predicted octanol–water partition coefficient (Wildman–Crippen LogP) is 3.47. The van der Waals surface area contributed by atoms with Crippen molar-refractivity contribution in [3.8, 4) is 17.1 Å². The molecule has 2 aromatic carbocycles. The third kappa shape index (κ3) is 1.89. The lowest BCUT2D eigenvalue weighted by Gasteiger charge is -2.06. The number of rotatable bonds is 1. The van der Waals surface area contributed by atoms with E-state index in [2.05, 4.69) is 0 Å². The Hall–Kier alpha value is -2.55. The number of hydrogen-bond acceptors (Lipinski definition) is 3. The molecule has 0 aliphatic heterocycles. The molecule has 0 radical (unpaired) electrons. The van der Waals surface area contributed by atoms with Gasteiger partial charge in [0, 0.05) is 5.56 Å². The normalized spacial score (nSPS) is 10.8. The van der Waals surface area contributed by atoms with Gasteiger partial charge in [0.05, 0.1) is 5.39 Å². The van der Waals surface area contributed by atoms with Crippen LogP contribution in [0.3, 0.4) is 0 Å². The van der Waals surface area contributed by atoms with Crippen LogP contribution in [-0.2, 0) is 0 Å². The largest absolute Gasteiger partial charge is 0.502 e. The van der Waals surface area contributed by atoms with Crippen LogP contribution in [0.5, 0.6) is 5.75 Å². The molecule has 1 aromatic heterocycles. The van der Waals surface area contributed by atoms with Crippen molar-refractivity contribution >= 4 is 11.0 Å². The van der Waals surface area contributed by atoms with Crippen molar-refractivity contribution in [3.63, 3.8) is 0 Å². The summed E-state index contributed by atoms with van der Waals surface area (Å²) in [6.07, 6.45) is 0. The lowest BCUT2D eigenvalue weighted by Crippen LogP contribution is -2.02. The van der Waals surface area contributed by atoms with E-state index in [1.807, 2.05) is 31.2 Å². The van der Waals surface area contributed by atoms with Gasteiger partial charge in [0.1, 0.15) is 5.58 Å². The van der Waals surface area contributed by atoms with Gasteiger partial charge >= 0.3 is 0 Å². The smallest absolute Gasteiger partial charge is 0.235 e. The molecule has 3 rings (SSSR count). The van der Waals surface area contributed by atoms with Crippen molar-refractivity contribution in [1.82, 2.24) is 0 Å². The molecule has 3 aromatic rings. The van der Waals surface area contributed by atoms with Crippen LogP contribution in [0, 0.1) is 6.92 Å². The number of benzene rings is 2. The summed E-state index contributed by atoms with van der Waals surface area (Å²) in [5.74, 6) is -0.133. The van der Waals surface area contributed by atoms with Crippen molar-refractivity contribution in [2.45, 2.75) is 6.92 Å². The van der Waals surface area contributed by atoms with E-state index in [-0.39, 0.29) is 11.5 Å². The Morgan fingerprint density at radius 1 is 1.05 bits per heavy atom. The summed E-state index contributed by atoms with van der Waals surface area (Å²) in [6.45, 7) is 1.89. The first-order valence-electron chi connectivity index (χ1n) is 5.98. The van der Waals surface area contributed by atoms with Gasteiger partial charge in [-0.1, -0.05) is 42.0 Å². The highest BCUT2D eigenvalue weighted by atomic mass is 16.4. The Labute approximate surface area is 109 Å². The van der Waals surface area contributed by atoms with Crippen molar-refractivity contribution in [1.29, 1.82) is 0 Å². The van der Waals surface area contributed by atoms with Gasteiger partial charge in [-0.25, -0.2) is 0 Å². The van der Waals surface area contributed by atoms with Crippen molar-refractivity contribution in [2.75, 3.05) is 0 Å². The Bertz CT molecular complexity index is 801. The standard InChI is InChI=1S/C16H12O3/c1-10-7-8-13-12(9-10)14(17)15(18)16(19-13)11-5-3-2-4-6-11/h2-9,18H,1H3. The van der Waals surface area contributed by atoms with Crippen LogP contribution >= 0.6 is 0 Å². The molecule has 3 nitrogen and oxygen atoms in total. The fourth-order valence-corrected chi connectivity index (χ4v) is 2.08. The molecule has 19 heavy (non-hydrogen) atoms. The first-order chi connectivity index (χ1) is 9.16. The number of aryl methyl sites for hydroxylation is 1. The zero-order chi connectivity index (χ0) is 13.4. The molecule has 0 unspecified atom stereocenters. The second-order valence-electron chi connectivity index (χ2n) is 4.47. The molecule has 0 atom stereocenters. The summed E-state index contributed by atoms with van der Waals surface area (Å²) in [5.41, 5.74) is 1.71. The number of fused-ring (bicyclic) bond motifs is 1. The topological polar surface area (TPSA) is 50.4 Å². The molecule has 0 saturated carbocycles. The molecule has 3 heteroatoms. The maximum Gasteiger partial charge on any atom is 0.235 e. The van der Waals surface area contributed by atoms with Crippen LogP contribution in [0.1, 0.15) is 5.56 Å². The minimum Gasteiger partial charge on any atom is -0.502 e. The molecule has 0 aliphatic carbocycles. The number of hydrogen-bond donors (Lipinski definition) is 1. The number of aromatic hydroxyl groups is 1. The molecule has 0 bridgehead atoms. The molecule has 1 N–H and O–H groups in total. The van der Waals surface area contributed by atoms with Gasteiger partial charge in [0.2, 0.25) is 11.2 Å². The van der Waals surface area contributed by atoms with E-state index in [1.165, 1.54) is 0 Å². The van der Waals surface area contributed by atoms with Crippen LogP contribution in [-0.4, -0.2) is 5.11 Å². The van der Waals surface area contributed by atoms with Crippen LogP contribution in [0.4, 0.5) is 0 Å². The second kappa shape index (κ2) is 4.28. The van der Waals surface area contributed by atoms with E-state index in [0.29, 0.717) is 16.5 Å². The molecular weight excluding hydrogens is 240 g/mol. The average molecular weight is 252 g/mol. The summed E-state index contributed by atoms with van der Waals surface area (Å²) in [7, 11) is 0. The molecule has 0 fully saturated rings. The fraction of sp³-hybridized carbons (Fsp3) is 0.0625. The van der Waals surface area contributed by atoms with E-state index in [4.69, 9.17) is 4.42 Å². The molecule has 94 valence electrons. The summed E-state index contributed by atoms with van der Waals surface area (Å²) >= 11 is 0. The van der Waals surface area contributed by atoms with E-state index in [1.54, 1.807) is 24.3 Å². The van der Waals surface area contributed by atoms with E-state index in [0.717, 1.165) is 5.56 Å². The van der Waals surface area contributed by atoms with E-state index >= 15 is 0 Å². The maximum absolute atomic E-state index is 12.2. The third-order valence-electron chi connectivity index (χ3n) is 3.06. The van der Waals surface area contributed by atoms with E-state index < -0.39 is 5.43 Å².